The summed E-state index contributed by atoms with van der Waals surface area (Å²) in [6, 6.07) is 0. The highest BCUT2D eigenvalue weighted by molar-refractivity contribution is 5.78. The van der Waals surface area contributed by atoms with Crippen molar-refractivity contribution in [2.24, 2.45) is 5.92 Å². The second kappa shape index (κ2) is 7.21. The Morgan fingerprint density at radius 1 is 1.08 bits per heavy atom. The largest absolute Gasteiger partial charge is 0.355 e. The number of piperidine rings is 1. The van der Waals surface area contributed by atoms with Crippen molar-refractivity contribution in [2.45, 2.75) is 63.8 Å². The highest BCUT2D eigenvalue weighted by atomic mass is 16.2. The van der Waals surface area contributed by atoms with Crippen molar-refractivity contribution in [2.75, 3.05) is 26.2 Å². The van der Waals surface area contributed by atoms with Crippen LogP contribution in [0, 0.1) is 5.92 Å². The van der Waals surface area contributed by atoms with Gasteiger partial charge in [-0.05, 0) is 51.0 Å². The van der Waals surface area contributed by atoms with Gasteiger partial charge in [-0.15, -0.1) is 10.2 Å². The molecule has 3 heterocycles. The SMILES string of the molecule is O=C(CN1CCCC(c2nnc3n2CCCCC3)C1)NCC1CC1. The summed E-state index contributed by atoms with van der Waals surface area (Å²) in [6.45, 7) is 4.43. The Bertz CT molecular complexity index is 580. The standard InChI is InChI=1S/C18H29N5O/c24-17(19-11-14-7-8-14)13-22-9-4-5-15(12-22)18-21-20-16-6-2-1-3-10-23(16)18/h14-15H,1-13H2,(H,19,24). The van der Waals surface area contributed by atoms with Crippen LogP contribution in [0.2, 0.25) is 0 Å². The van der Waals surface area contributed by atoms with E-state index in [-0.39, 0.29) is 5.91 Å². The fourth-order valence-electron chi connectivity index (χ4n) is 4.06. The Morgan fingerprint density at radius 3 is 2.88 bits per heavy atom. The van der Waals surface area contributed by atoms with Gasteiger partial charge in [-0.25, -0.2) is 0 Å². The lowest BCUT2D eigenvalue weighted by molar-refractivity contribution is -0.122. The first kappa shape index (κ1) is 16.1. The summed E-state index contributed by atoms with van der Waals surface area (Å²) < 4.78 is 2.37. The van der Waals surface area contributed by atoms with E-state index in [1.165, 1.54) is 44.3 Å². The Balaban J connectivity index is 1.36. The molecule has 0 bridgehead atoms. The van der Waals surface area contributed by atoms with Gasteiger partial charge in [0, 0.05) is 32.0 Å². The number of amides is 1. The third-order valence-corrected chi connectivity index (χ3v) is 5.66. The average molecular weight is 331 g/mol. The van der Waals surface area contributed by atoms with E-state index in [4.69, 9.17) is 0 Å². The molecule has 2 aliphatic heterocycles. The molecule has 4 rings (SSSR count). The molecular weight excluding hydrogens is 302 g/mol. The second-order valence-electron chi connectivity index (χ2n) is 7.76. The summed E-state index contributed by atoms with van der Waals surface area (Å²) in [5.74, 6) is 3.68. The Hall–Kier alpha value is -1.43. The molecule has 1 saturated heterocycles. The van der Waals surface area contributed by atoms with Crippen LogP contribution in [-0.2, 0) is 17.8 Å². The molecule has 6 nitrogen and oxygen atoms in total. The van der Waals surface area contributed by atoms with E-state index >= 15 is 0 Å². The van der Waals surface area contributed by atoms with Gasteiger partial charge in [-0.1, -0.05) is 6.42 Å². The van der Waals surface area contributed by atoms with Gasteiger partial charge in [0.1, 0.15) is 11.6 Å². The van der Waals surface area contributed by atoms with Gasteiger partial charge in [0.15, 0.2) is 0 Å². The lowest BCUT2D eigenvalue weighted by Gasteiger charge is -2.31. The zero-order valence-electron chi connectivity index (χ0n) is 14.5. The van der Waals surface area contributed by atoms with Crippen molar-refractivity contribution in [1.29, 1.82) is 0 Å². The summed E-state index contributed by atoms with van der Waals surface area (Å²) in [6.07, 6.45) is 9.69. The molecule has 1 amide bonds. The van der Waals surface area contributed by atoms with E-state index in [0.717, 1.165) is 50.8 Å². The summed E-state index contributed by atoms with van der Waals surface area (Å²) in [5.41, 5.74) is 0. The van der Waals surface area contributed by atoms with Crippen LogP contribution >= 0.6 is 0 Å². The molecular formula is C18H29N5O. The van der Waals surface area contributed by atoms with E-state index < -0.39 is 0 Å². The molecule has 6 heteroatoms. The number of nitrogens with one attached hydrogen (secondary N) is 1. The van der Waals surface area contributed by atoms with Crippen molar-refractivity contribution < 1.29 is 4.79 Å². The van der Waals surface area contributed by atoms with Gasteiger partial charge < -0.3 is 9.88 Å². The first-order valence-corrected chi connectivity index (χ1v) is 9.70. The fourth-order valence-corrected chi connectivity index (χ4v) is 4.06. The predicted octanol–water partition coefficient (Wildman–Crippen LogP) is 1.71. The monoisotopic (exact) mass is 331 g/mol. The van der Waals surface area contributed by atoms with Crippen molar-refractivity contribution in [3.63, 3.8) is 0 Å². The topological polar surface area (TPSA) is 63.1 Å². The third-order valence-electron chi connectivity index (χ3n) is 5.66. The molecule has 1 unspecified atom stereocenters. The molecule has 0 spiro atoms. The van der Waals surface area contributed by atoms with E-state index in [9.17, 15) is 4.79 Å². The molecule has 0 aromatic carbocycles. The van der Waals surface area contributed by atoms with Gasteiger partial charge in [0.25, 0.3) is 0 Å². The lowest BCUT2D eigenvalue weighted by atomic mass is 9.97. The number of carbonyl (C=O) groups is 1. The van der Waals surface area contributed by atoms with Crippen LogP contribution in [0.3, 0.4) is 0 Å². The quantitative estimate of drug-likeness (QED) is 0.892. The van der Waals surface area contributed by atoms with Crippen LogP contribution < -0.4 is 5.32 Å². The smallest absolute Gasteiger partial charge is 0.234 e. The minimum atomic E-state index is 0.183. The van der Waals surface area contributed by atoms with Gasteiger partial charge in [-0.2, -0.15) is 0 Å². The molecule has 1 N–H and O–H groups in total. The van der Waals surface area contributed by atoms with Crippen molar-refractivity contribution in [3.8, 4) is 0 Å². The molecule has 1 aliphatic carbocycles. The Morgan fingerprint density at radius 2 is 2.00 bits per heavy atom. The maximum atomic E-state index is 12.1. The van der Waals surface area contributed by atoms with Crippen molar-refractivity contribution in [1.82, 2.24) is 25.0 Å². The summed E-state index contributed by atoms with van der Waals surface area (Å²) in [7, 11) is 0. The lowest BCUT2D eigenvalue weighted by Crippen LogP contribution is -2.42. The molecule has 24 heavy (non-hydrogen) atoms. The Kier molecular flexibility index (Phi) is 4.83. The van der Waals surface area contributed by atoms with E-state index in [0.29, 0.717) is 12.5 Å². The number of nitrogens with zero attached hydrogens (tertiary/aromatic N) is 4. The van der Waals surface area contributed by atoms with E-state index in [2.05, 4.69) is 25.0 Å². The van der Waals surface area contributed by atoms with Gasteiger partial charge in [0.2, 0.25) is 5.91 Å². The molecule has 1 aromatic heterocycles. The number of hydrogen-bond donors (Lipinski definition) is 1. The minimum Gasteiger partial charge on any atom is -0.355 e. The highest BCUT2D eigenvalue weighted by Crippen LogP contribution is 2.28. The molecule has 2 fully saturated rings. The van der Waals surface area contributed by atoms with Crippen LogP contribution in [0.1, 0.15) is 62.5 Å². The first-order chi connectivity index (χ1) is 11.8. The number of fused-ring (bicyclic) bond motifs is 1. The predicted molar refractivity (Wildman–Crippen MR) is 91.7 cm³/mol. The normalized spacial score (nSPS) is 25.1. The number of hydrogen-bond acceptors (Lipinski definition) is 4. The highest BCUT2D eigenvalue weighted by Gasteiger charge is 2.28. The van der Waals surface area contributed by atoms with E-state index in [1.807, 2.05) is 0 Å². The average Bonchev–Trinajstić information content (AvgIpc) is 3.37. The number of likely N-dealkylation sites (tertiary alicyclic amines) is 1. The van der Waals surface area contributed by atoms with Crippen molar-refractivity contribution >= 4 is 5.91 Å². The molecule has 132 valence electrons. The maximum absolute atomic E-state index is 12.1. The molecule has 1 atom stereocenters. The number of aryl methyl sites for hydroxylation is 1. The molecule has 0 radical (unpaired) electrons. The zero-order valence-corrected chi connectivity index (χ0v) is 14.5. The zero-order chi connectivity index (χ0) is 16.4. The molecule has 3 aliphatic rings. The van der Waals surface area contributed by atoms with E-state index in [1.54, 1.807) is 0 Å². The van der Waals surface area contributed by atoms with Crippen LogP contribution in [0.5, 0.6) is 0 Å². The number of carbonyl (C=O) groups excluding carboxylic acids is 1. The number of aromatic nitrogens is 3. The molecule has 1 aromatic rings. The van der Waals surface area contributed by atoms with Crippen LogP contribution in [0.25, 0.3) is 0 Å². The molecule has 1 saturated carbocycles. The van der Waals surface area contributed by atoms with Gasteiger partial charge >= 0.3 is 0 Å². The number of rotatable bonds is 5. The van der Waals surface area contributed by atoms with Crippen LogP contribution in [-0.4, -0.2) is 51.8 Å². The Labute approximate surface area is 144 Å². The van der Waals surface area contributed by atoms with Crippen molar-refractivity contribution in [3.05, 3.63) is 11.6 Å². The second-order valence-corrected chi connectivity index (χ2v) is 7.76. The fraction of sp³-hybridized carbons (Fsp3) is 0.833. The summed E-state index contributed by atoms with van der Waals surface area (Å²) in [4.78, 5) is 14.4. The summed E-state index contributed by atoms with van der Waals surface area (Å²) >= 11 is 0. The maximum Gasteiger partial charge on any atom is 0.234 e. The minimum absolute atomic E-state index is 0.183. The van der Waals surface area contributed by atoms with Gasteiger partial charge in [0.05, 0.1) is 6.54 Å². The van der Waals surface area contributed by atoms with Crippen LogP contribution in [0.15, 0.2) is 0 Å². The first-order valence-electron chi connectivity index (χ1n) is 9.70. The summed E-state index contributed by atoms with van der Waals surface area (Å²) in [5, 5.41) is 12.1. The van der Waals surface area contributed by atoms with Gasteiger partial charge in [-0.3, -0.25) is 9.69 Å². The third kappa shape index (κ3) is 3.79. The van der Waals surface area contributed by atoms with Crippen LogP contribution in [0.4, 0.5) is 0 Å².